The van der Waals surface area contributed by atoms with Crippen LogP contribution in [0.25, 0.3) is 0 Å². The van der Waals surface area contributed by atoms with E-state index in [2.05, 4.69) is 0 Å². The summed E-state index contributed by atoms with van der Waals surface area (Å²) in [6.07, 6.45) is -0.564. The van der Waals surface area contributed by atoms with Crippen LogP contribution in [0.3, 0.4) is 0 Å². The molecule has 1 aliphatic heterocycles. The molecule has 2 rings (SSSR count). The van der Waals surface area contributed by atoms with Crippen molar-refractivity contribution in [2.45, 2.75) is 46.3 Å². The molecular formula is C16H21NO3. The Bertz CT molecular complexity index is 528. The number of hydrogen-bond donors (Lipinski definition) is 0. The molecule has 20 heavy (non-hydrogen) atoms. The quantitative estimate of drug-likeness (QED) is 0.737. The van der Waals surface area contributed by atoms with Crippen LogP contribution in [0.4, 0.5) is 4.79 Å². The Morgan fingerprint density at radius 2 is 1.75 bits per heavy atom. The van der Waals surface area contributed by atoms with E-state index in [0.29, 0.717) is 0 Å². The minimum Gasteiger partial charge on any atom is -0.443 e. The number of nitrogens with zero attached hydrogens (tertiary/aromatic N) is 1. The molecule has 0 N–H and O–H groups in total. The van der Waals surface area contributed by atoms with E-state index < -0.39 is 11.7 Å². The molecule has 0 spiro atoms. The highest BCUT2D eigenvalue weighted by Gasteiger charge is 2.50. The van der Waals surface area contributed by atoms with Gasteiger partial charge in [0.25, 0.3) is 0 Å². The zero-order chi connectivity index (χ0) is 15.1. The predicted octanol–water partition coefficient (Wildman–Crippen LogP) is 3.45. The third-order valence-corrected chi connectivity index (χ3v) is 3.39. The molecule has 4 heteroatoms. The van der Waals surface area contributed by atoms with Gasteiger partial charge in [0.1, 0.15) is 5.60 Å². The first-order valence-electron chi connectivity index (χ1n) is 6.83. The number of hydrogen-bond acceptors (Lipinski definition) is 3. The number of rotatable bonds is 1. The van der Waals surface area contributed by atoms with Gasteiger partial charge in [-0.25, -0.2) is 9.69 Å². The summed E-state index contributed by atoms with van der Waals surface area (Å²) < 4.78 is 5.30. The molecular weight excluding hydrogens is 254 g/mol. The molecule has 1 aromatic carbocycles. The Morgan fingerprint density at radius 3 is 2.25 bits per heavy atom. The number of β-lactam (4-membered cyclic amide) rings is 1. The molecule has 2 atom stereocenters. The molecule has 0 aromatic heterocycles. The maximum atomic E-state index is 12.1. The van der Waals surface area contributed by atoms with Gasteiger partial charge >= 0.3 is 6.09 Å². The van der Waals surface area contributed by atoms with Crippen LogP contribution < -0.4 is 0 Å². The van der Waals surface area contributed by atoms with Gasteiger partial charge in [0.2, 0.25) is 5.91 Å². The Balaban J connectivity index is 2.21. The Hall–Kier alpha value is -1.84. The number of amides is 2. The van der Waals surface area contributed by atoms with Crippen molar-refractivity contribution < 1.29 is 14.3 Å². The highest BCUT2D eigenvalue weighted by atomic mass is 16.6. The largest absolute Gasteiger partial charge is 0.443 e. The first-order valence-corrected chi connectivity index (χ1v) is 6.83. The van der Waals surface area contributed by atoms with Gasteiger partial charge < -0.3 is 4.74 Å². The number of likely N-dealkylation sites (tertiary alicyclic amines) is 1. The zero-order valence-electron chi connectivity index (χ0n) is 12.6. The summed E-state index contributed by atoms with van der Waals surface area (Å²) in [5.74, 6) is -0.366. The fraction of sp³-hybridized carbons (Fsp3) is 0.500. The van der Waals surface area contributed by atoms with E-state index >= 15 is 0 Å². The smallest absolute Gasteiger partial charge is 0.417 e. The summed E-state index contributed by atoms with van der Waals surface area (Å²) in [5.41, 5.74) is 1.51. The first kappa shape index (κ1) is 14.6. The molecule has 0 aliphatic carbocycles. The zero-order valence-corrected chi connectivity index (χ0v) is 12.6. The molecule has 0 radical (unpaired) electrons. The summed E-state index contributed by atoms with van der Waals surface area (Å²) in [6.45, 7) is 9.22. The maximum Gasteiger partial charge on any atom is 0.417 e. The molecule has 0 unspecified atom stereocenters. The van der Waals surface area contributed by atoms with E-state index in [0.717, 1.165) is 11.1 Å². The molecule has 0 saturated carbocycles. The number of ether oxygens (including phenoxy) is 1. The third-order valence-electron chi connectivity index (χ3n) is 3.39. The number of benzene rings is 1. The summed E-state index contributed by atoms with van der Waals surface area (Å²) in [6, 6.07) is 7.66. The lowest BCUT2D eigenvalue weighted by Crippen LogP contribution is -2.57. The van der Waals surface area contributed by atoms with Crippen molar-refractivity contribution in [1.82, 2.24) is 4.90 Å². The van der Waals surface area contributed by atoms with Crippen LogP contribution in [0.15, 0.2) is 24.3 Å². The molecule has 4 nitrogen and oxygen atoms in total. The van der Waals surface area contributed by atoms with Gasteiger partial charge in [0.05, 0.1) is 12.0 Å². The van der Waals surface area contributed by atoms with Crippen molar-refractivity contribution in [2.24, 2.45) is 5.92 Å². The van der Waals surface area contributed by atoms with E-state index in [4.69, 9.17) is 4.74 Å². The Morgan fingerprint density at radius 1 is 1.20 bits per heavy atom. The summed E-state index contributed by atoms with van der Waals surface area (Å²) >= 11 is 0. The molecule has 1 aromatic rings. The monoisotopic (exact) mass is 275 g/mol. The van der Waals surface area contributed by atoms with Gasteiger partial charge in [-0.1, -0.05) is 36.8 Å². The fourth-order valence-corrected chi connectivity index (χ4v) is 2.35. The molecule has 108 valence electrons. The van der Waals surface area contributed by atoms with Gasteiger partial charge in [-0.05, 0) is 33.3 Å². The van der Waals surface area contributed by atoms with Crippen molar-refractivity contribution in [2.75, 3.05) is 0 Å². The van der Waals surface area contributed by atoms with Crippen LogP contribution in [0.1, 0.15) is 44.9 Å². The lowest BCUT2D eigenvalue weighted by molar-refractivity contribution is -0.153. The van der Waals surface area contributed by atoms with Crippen molar-refractivity contribution in [3.05, 3.63) is 35.4 Å². The van der Waals surface area contributed by atoms with Gasteiger partial charge in [-0.2, -0.15) is 0 Å². The molecule has 2 amide bonds. The highest BCUT2D eigenvalue weighted by molar-refractivity contribution is 5.99. The molecule has 1 saturated heterocycles. The summed E-state index contributed by atoms with van der Waals surface area (Å²) in [5, 5.41) is 0. The Labute approximate surface area is 119 Å². The van der Waals surface area contributed by atoms with Crippen molar-refractivity contribution >= 4 is 12.0 Å². The van der Waals surface area contributed by atoms with Gasteiger partial charge in [0.15, 0.2) is 0 Å². The predicted molar refractivity (Wildman–Crippen MR) is 76.2 cm³/mol. The minimum absolute atomic E-state index is 0.176. The van der Waals surface area contributed by atoms with Gasteiger partial charge in [-0.15, -0.1) is 0 Å². The Kier molecular flexibility index (Phi) is 3.59. The van der Waals surface area contributed by atoms with E-state index in [1.54, 1.807) is 20.8 Å². The number of carbonyl (C=O) groups is 2. The normalized spacial score (nSPS) is 22.4. The fourth-order valence-electron chi connectivity index (χ4n) is 2.35. The van der Waals surface area contributed by atoms with Crippen LogP contribution in [0, 0.1) is 12.8 Å². The average molecular weight is 275 g/mol. The second kappa shape index (κ2) is 4.93. The van der Waals surface area contributed by atoms with E-state index in [1.165, 1.54) is 4.90 Å². The summed E-state index contributed by atoms with van der Waals surface area (Å²) in [4.78, 5) is 25.3. The lowest BCUT2D eigenvalue weighted by Gasteiger charge is -2.44. The highest BCUT2D eigenvalue weighted by Crippen LogP contribution is 2.40. The van der Waals surface area contributed by atoms with Crippen molar-refractivity contribution in [3.63, 3.8) is 0 Å². The van der Waals surface area contributed by atoms with Gasteiger partial charge in [0, 0.05) is 0 Å². The molecule has 0 bridgehead atoms. The van der Waals surface area contributed by atoms with Gasteiger partial charge in [-0.3, -0.25) is 4.79 Å². The van der Waals surface area contributed by atoms with E-state index in [-0.39, 0.29) is 17.9 Å². The first-order chi connectivity index (χ1) is 9.20. The number of imide groups is 1. The second-order valence-electron chi connectivity index (χ2n) is 6.33. The van der Waals surface area contributed by atoms with E-state index in [9.17, 15) is 9.59 Å². The minimum atomic E-state index is -0.603. The second-order valence-corrected chi connectivity index (χ2v) is 6.33. The third kappa shape index (κ3) is 2.69. The van der Waals surface area contributed by atoms with Crippen LogP contribution in [-0.2, 0) is 9.53 Å². The van der Waals surface area contributed by atoms with Crippen LogP contribution in [0.5, 0.6) is 0 Å². The number of aryl methyl sites for hydroxylation is 1. The van der Waals surface area contributed by atoms with Crippen LogP contribution in [-0.4, -0.2) is 22.5 Å². The summed E-state index contributed by atoms with van der Waals surface area (Å²) in [7, 11) is 0. The maximum absolute atomic E-state index is 12.1. The molecule has 1 fully saturated rings. The number of carbonyl (C=O) groups excluding carboxylic acids is 2. The van der Waals surface area contributed by atoms with E-state index in [1.807, 2.05) is 38.1 Å². The average Bonchev–Trinajstić information content (AvgIpc) is 2.34. The molecule has 1 aliphatic rings. The van der Waals surface area contributed by atoms with Crippen LogP contribution in [0.2, 0.25) is 0 Å². The molecule has 1 heterocycles. The SMILES string of the molecule is Cc1ccc([C@H]2[C@H](C)C(=O)N2C(=O)OC(C)(C)C)cc1. The standard InChI is InChI=1S/C16H21NO3/c1-10-6-8-12(9-7-10)13-11(2)14(18)17(13)15(19)20-16(3,4)5/h6-9,11,13H,1-5H3/t11-,13+/m0/s1. The van der Waals surface area contributed by atoms with Crippen LogP contribution >= 0.6 is 0 Å². The lowest BCUT2D eigenvalue weighted by atomic mass is 9.84. The van der Waals surface area contributed by atoms with Crippen molar-refractivity contribution in [1.29, 1.82) is 0 Å². The van der Waals surface area contributed by atoms with Crippen molar-refractivity contribution in [3.8, 4) is 0 Å². The topological polar surface area (TPSA) is 46.6 Å².